The molecule has 0 heterocycles. The Morgan fingerprint density at radius 1 is 1.16 bits per heavy atom. The first-order valence-electron chi connectivity index (χ1n) is 5.29. The van der Waals surface area contributed by atoms with Crippen LogP contribution in [0.4, 0.5) is 20.2 Å². The van der Waals surface area contributed by atoms with Crippen LogP contribution in [0.25, 0.3) is 0 Å². The van der Waals surface area contributed by atoms with E-state index in [-0.39, 0.29) is 15.6 Å². The predicted octanol–water partition coefficient (Wildman–Crippen LogP) is 4.00. The Labute approximate surface area is 119 Å². The van der Waals surface area contributed by atoms with Crippen molar-refractivity contribution in [3.05, 3.63) is 58.6 Å². The highest BCUT2D eigenvalue weighted by molar-refractivity contribution is 7.80. The van der Waals surface area contributed by atoms with Gasteiger partial charge in [0.05, 0.1) is 22.0 Å². The molecule has 19 heavy (non-hydrogen) atoms. The summed E-state index contributed by atoms with van der Waals surface area (Å²) in [6.07, 6.45) is 0. The van der Waals surface area contributed by atoms with Gasteiger partial charge < -0.3 is 11.1 Å². The summed E-state index contributed by atoms with van der Waals surface area (Å²) in [7, 11) is 0. The van der Waals surface area contributed by atoms with Gasteiger partial charge in [-0.3, -0.25) is 0 Å². The Kier molecular flexibility index (Phi) is 3.97. The van der Waals surface area contributed by atoms with E-state index in [2.05, 4.69) is 5.32 Å². The highest BCUT2D eigenvalue weighted by Crippen LogP contribution is 2.28. The van der Waals surface area contributed by atoms with E-state index in [1.165, 1.54) is 24.3 Å². The van der Waals surface area contributed by atoms with Gasteiger partial charge in [0.1, 0.15) is 16.6 Å². The molecule has 0 bridgehead atoms. The van der Waals surface area contributed by atoms with Crippen LogP contribution in [0, 0.1) is 11.6 Å². The average molecular weight is 299 g/mol. The summed E-state index contributed by atoms with van der Waals surface area (Å²) in [5.41, 5.74) is 6.40. The molecule has 2 nitrogen and oxygen atoms in total. The number of rotatable bonds is 3. The minimum Gasteiger partial charge on any atom is -0.389 e. The molecule has 0 radical (unpaired) electrons. The summed E-state index contributed by atoms with van der Waals surface area (Å²) in [6, 6.07) is 8.23. The lowest BCUT2D eigenvalue weighted by Gasteiger charge is -2.13. The first-order chi connectivity index (χ1) is 8.99. The van der Waals surface area contributed by atoms with Crippen molar-refractivity contribution in [1.82, 2.24) is 0 Å². The monoisotopic (exact) mass is 298 g/mol. The Bertz CT molecular complexity index is 647. The lowest BCUT2D eigenvalue weighted by atomic mass is 10.1. The lowest BCUT2D eigenvalue weighted by molar-refractivity contribution is 0.625. The van der Waals surface area contributed by atoms with Gasteiger partial charge in [-0.05, 0) is 30.3 Å². The quantitative estimate of drug-likeness (QED) is 0.841. The second-order valence-electron chi connectivity index (χ2n) is 3.78. The molecule has 0 aliphatic carbocycles. The average Bonchev–Trinajstić information content (AvgIpc) is 2.32. The molecule has 2 rings (SSSR count). The minimum atomic E-state index is -0.532. The largest absolute Gasteiger partial charge is 0.389 e. The van der Waals surface area contributed by atoms with E-state index < -0.39 is 11.6 Å². The third-order valence-electron chi connectivity index (χ3n) is 2.46. The maximum absolute atomic E-state index is 13.7. The summed E-state index contributed by atoms with van der Waals surface area (Å²) in [5, 5.41) is 3.06. The van der Waals surface area contributed by atoms with Gasteiger partial charge in [0.2, 0.25) is 0 Å². The molecule has 0 aliphatic rings. The second-order valence-corrected chi connectivity index (χ2v) is 4.62. The summed E-state index contributed by atoms with van der Waals surface area (Å²) in [5.74, 6) is -0.986. The summed E-state index contributed by atoms with van der Waals surface area (Å²) in [6.45, 7) is 0. The van der Waals surface area contributed by atoms with Gasteiger partial charge in [-0.25, -0.2) is 8.78 Å². The molecular formula is C13H9ClF2N2S. The zero-order valence-corrected chi connectivity index (χ0v) is 11.2. The van der Waals surface area contributed by atoms with Crippen molar-refractivity contribution in [3.63, 3.8) is 0 Å². The molecule has 98 valence electrons. The Balaban J connectivity index is 2.44. The fourth-order valence-corrected chi connectivity index (χ4v) is 2.04. The van der Waals surface area contributed by atoms with Gasteiger partial charge in [0.25, 0.3) is 0 Å². The first kappa shape index (κ1) is 13.7. The van der Waals surface area contributed by atoms with E-state index in [9.17, 15) is 8.78 Å². The van der Waals surface area contributed by atoms with Crippen molar-refractivity contribution in [2.24, 2.45) is 5.73 Å². The molecule has 0 saturated carbocycles. The Morgan fingerprint density at radius 2 is 1.89 bits per heavy atom. The van der Waals surface area contributed by atoms with Crippen LogP contribution in [-0.2, 0) is 0 Å². The van der Waals surface area contributed by atoms with E-state index in [1.54, 1.807) is 6.07 Å². The normalized spacial score (nSPS) is 10.3. The van der Waals surface area contributed by atoms with Crippen LogP contribution < -0.4 is 11.1 Å². The smallest absolute Gasteiger partial charge is 0.135 e. The fraction of sp³-hybridized carbons (Fsp3) is 0. The molecule has 0 amide bonds. The van der Waals surface area contributed by atoms with Crippen LogP contribution in [0.15, 0.2) is 36.4 Å². The van der Waals surface area contributed by atoms with Crippen LogP contribution in [-0.4, -0.2) is 4.99 Å². The maximum Gasteiger partial charge on any atom is 0.135 e. The van der Waals surface area contributed by atoms with Crippen molar-refractivity contribution >= 4 is 40.2 Å². The van der Waals surface area contributed by atoms with Crippen molar-refractivity contribution in [1.29, 1.82) is 0 Å². The van der Waals surface area contributed by atoms with Crippen LogP contribution in [0.2, 0.25) is 5.02 Å². The van der Waals surface area contributed by atoms with Crippen LogP contribution in [0.1, 0.15) is 5.56 Å². The number of hydrogen-bond donors (Lipinski definition) is 2. The molecule has 0 unspecified atom stereocenters. The number of hydrogen-bond acceptors (Lipinski definition) is 2. The van der Waals surface area contributed by atoms with Crippen LogP contribution in [0.5, 0.6) is 0 Å². The predicted molar refractivity (Wildman–Crippen MR) is 77.0 cm³/mol. The van der Waals surface area contributed by atoms with Crippen LogP contribution in [0.3, 0.4) is 0 Å². The molecule has 3 N–H and O–H groups in total. The SMILES string of the molecule is NC(=S)c1c(F)cccc1Nc1ccc(F)cc1Cl. The number of thiocarbonyl (C=S) groups is 1. The lowest BCUT2D eigenvalue weighted by Crippen LogP contribution is -2.14. The molecule has 0 atom stereocenters. The van der Waals surface area contributed by atoms with Gasteiger partial charge in [-0.1, -0.05) is 29.9 Å². The van der Waals surface area contributed by atoms with Gasteiger partial charge >= 0.3 is 0 Å². The Morgan fingerprint density at radius 3 is 2.53 bits per heavy atom. The molecule has 0 aliphatic heterocycles. The molecule has 2 aromatic rings. The van der Waals surface area contributed by atoms with Crippen molar-refractivity contribution in [2.75, 3.05) is 5.32 Å². The zero-order valence-electron chi connectivity index (χ0n) is 9.58. The Hall–Kier alpha value is -1.72. The molecule has 0 spiro atoms. The number of anilines is 2. The van der Waals surface area contributed by atoms with Gasteiger partial charge in [-0.15, -0.1) is 0 Å². The van der Waals surface area contributed by atoms with Gasteiger partial charge in [-0.2, -0.15) is 0 Å². The third-order valence-corrected chi connectivity index (χ3v) is 2.98. The zero-order chi connectivity index (χ0) is 14.0. The molecule has 2 aromatic carbocycles. The topological polar surface area (TPSA) is 38.0 Å². The first-order valence-corrected chi connectivity index (χ1v) is 6.08. The second kappa shape index (κ2) is 5.50. The molecule has 0 saturated heterocycles. The standard InChI is InChI=1S/C13H9ClF2N2S/c14-8-6-7(15)4-5-10(8)18-11-3-1-2-9(16)12(11)13(17)19/h1-6,18H,(H2,17,19). The van der Waals surface area contributed by atoms with E-state index >= 15 is 0 Å². The highest BCUT2D eigenvalue weighted by atomic mass is 35.5. The highest BCUT2D eigenvalue weighted by Gasteiger charge is 2.12. The fourth-order valence-electron chi connectivity index (χ4n) is 1.61. The number of benzene rings is 2. The molecule has 6 heteroatoms. The van der Waals surface area contributed by atoms with E-state index in [4.69, 9.17) is 29.6 Å². The number of halogens is 3. The van der Waals surface area contributed by atoms with Gasteiger partial charge in [0, 0.05) is 0 Å². The van der Waals surface area contributed by atoms with E-state index in [0.717, 1.165) is 6.07 Å². The van der Waals surface area contributed by atoms with Crippen molar-refractivity contribution in [3.8, 4) is 0 Å². The molecular weight excluding hydrogens is 290 g/mol. The van der Waals surface area contributed by atoms with E-state index in [0.29, 0.717) is 11.4 Å². The van der Waals surface area contributed by atoms with Crippen molar-refractivity contribution < 1.29 is 8.78 Å². The summed E-state index contributed by atoms with van der Waals surface area (Å²) < 4.78 is 26.6. The summed E-state index contributed by atoms with van der Waals surface area (Å²) >= 11 is 10.7. The maximum atomic E-state index is 13.7. The molecule has 0 aromatic heterocycles. The minimum absolute atomic E-state index is 0.0705. The van der Waals surface area contributed by atoms with Gasteiger partial charge in [0.15, 0.2) is 0 Å². The van der Waals surface area contributed by atoms with Crippen LogP contribution >= 0.6 is 23.8 Å². The molecule has 0 fully saturated rings. The van der Waals surface area contributed by atoms with Crippen molar-refractivity contribution in [2.45, 2.75) is 0 Å². The number of nitrogens with two attached hydrogens (primary N) is 1. The summed E-state index contributed by atoms with van der Waals surface area (Å²) in [4.78, 5) is -0.0705. The third kappa shape index (κ3) is 3.00. The van der Waals surface area contributed by atoms with E-state index in [1.807, 2.05) is 0 Å². The number of nitrogens with one attached hydrogen (secondary N) is 1.